The van der Waals surface area contributed by atoms with Crippen molar-refractivity contribution in [2.75, 3.05) is 5.75 Å². The minimum Gasteiger partial charge on any atom is -0.140 e. The first-order valence-corrected chi connectivity index (χ1v) is 9.36. The molecule has 118 valence electrons. The van der Waals surface area contributed by atoms with Crippen LogP contribution in [0.3, 0.4) is 0 Å². The number of rotatable bonds is 3. The van der Waals surface area contributed by atoms with E-state index in [0.29, 0.717) is 5.92 Å². The highest BCUT2D eigenvalue weighted by Gasteiger charge is 2.43. The van der Waals surface area contributed by atoms with Gasteiger partial charge in [-0.1, -0.05) is 103 Å². The predicted octanol–water partition coefficient (Wildman–Crippen LogP) is 6.02. The van der Waals surface area contributed by atoms with Crippen molar-refractivity contribution in [1.29, 1.82) is 0 Å². The third kappa shape index (κ3) is 2.59. The summed E-state index contributed by atoms with van der Waals surface area (Å²) in [5, 5.41) is 0. The first-order valence-electron chi connectivity index (χ1n) is 8.38. The van der Waals surface area contributed by atoms with Crippen molar-refractivity contribution in [2.45, 2.75) is 10.7 Å². The summed E-state index contributed by atoms with van der Waals surface area (Å²) in [7, 11) is 0. The normalized spacial score (nSPS) is 19.1. The van der Waals surface area contributed by atoms with Crippen molar-refractivity contribution in [3.8, 4) is 0 Å². The van der Waals surface area contributed by atoms with Crippen molar-refractivity contribution in [1.82, 2.24) is 0 Å². The molecular weight excluding hydrogens is 308 g/mol. The molecular formula is C23H20S. The van der Waals surface area contributed by atoms with Gasteiger partial charge in [-0.3, -0.25) is 0 Å². The fourth-order valence-corrected chi connectivity index (χ4v) is 5.14. The minimum atomic E-state index is -0.0847. The highest BCUT2D eigenvalue weighted by atomic mass is 32.2. The Balaban J connectivity index is 1.97. The Morgan fingerprint density at radius 2 is 1.17 bits per heavy atom. The maximum absolute atomic E-state index is 2.39. The van der Waals surface area contributed by atoms with Crippen LogP contribution in [-0.2, 0) is 4.75 Å². The zero-order valence-corrected chi connectivity index (χ0v) is 14.3. The summed E-state index contributed by atoms with van der Waals surface area (Å²) >= 11 is 2.03. The van der Waals surface area contributed by atoms with Gasteiger partial charge in [-0.05, 0) is 16.7 Å². The fraction of sp³-hybridized carbons (Fsp3) is 0.130. The maximum atomic E-state index is 2.39. The molecule has 0 spiro atoms. The third-order valence-corrected chi connectivity index (χ3v) is 6.28. The van der Waals surface area contributed by atoms with Gasteiger partial charge in [0.05, 0.1) is 4.75 Å². The molecule has 0 saturated heterocycles. The summed E-state index contributed by atoms with van der Waals surface area (Å²) < 4.78 is -0.0847. The SMILES string of the molecule is C1=CC(c2ccccc2)C(c2ccccc2)(c2ccccc2)SC1. The van der Waals surface area contributed by atoms with Crippen molar-refractivity contribution in [2.24, 2.45) is 0 Å². The number of hydrogen-bond acceptors (Lipinski definition) is 1. The molecule has 1 heterocycles. The molecule has 0 N–H and O–H groups in total. The van der Waals surface area contributed by atoms with E-state index in [4.69, 9.17) is 0 Å². The zero-order valence-electron chi connectivity index (χ0n) is 13.5. The predicted molar refractivity (Wildman–Crippen MR) is 104 cm³/mol. The molecule has 0 nitrogen and oxygen atoms in total. The van der Waals surface area contributed by atoms with Crippen LogP contribution in [0.15, 0.2) is 103 Å². The Hall–Kier alpha value is -2.25. The molecule has 1 unspecified atom stereocenters. The summed E-state index contributed by atoms with van der Waals surface area (Å²) in [6.45, 7) is 0. The number of allylic oxidation sites excluding steroid dienone is 1. The van der Waals surface area contributed by atoms with Crippen LogP contribution in [0.25, 0.3) is 0 Å². The van der Waals surface area contributed by atoms with E-state index in [9.17, 15) is 0 Å². The van der Waals surface area contributed by atoms with Gasteiger partial charge < -0.3 is 0 Å². The lowest BCUT2D eigenvalue weighted by atomic mass is 9.75. The van der Waals surface area contributed by atoms with E-state index in [1.807, 2.05) is 11.8 Å². The van der Waals surface area contributed by atoms with Gasteiger partial charge in [0, 0.05) is 11.7 Å². The molecule has 1 heteroatoms. The Morgan fingerprint density at radius 1 is 0.667 bits per heavy atom. The molecule has 0 fully saturated rings. The van der Waals surface area contributed by atoms with E-state index in [2.05, 4.69) is 103 Å². The molecule has 0 radical (unpaired) electrons. The lowest BCUT2D eigenvalue weighted by Gasteiger charge is -2.42. The van der Waals surface area contributed by atoms with Crippen molar-refractivity contribution >= 4 is 11.8 Å². The first-order chi connectivity index (χ1) is 11.9. The summed E-state index contributed by atoms with van der Waals surface area (Å²) in [6.07, 6.45) is 4.71. The van der Waals surface area contributed by atoms with E-state index in [0.717, 1.165) is 5.75 Å². The zero-order chi connectivity index (χ0) is 16.2. The van der Waals surface area contributed by atoms with Gasteiger partial charge in [0.25, 0.3) is 0 Å². The Labute approximate surface area is 148 Å². The Bertz CT molecular complexity index is 767. The number of hydrogen-bond donors (Lipinski definition) is 0. The van der Waals surface area contributed by atoms with Crippen molar-refractivity contribution < 1.29 is 0 Å². The van der Waals surface area contributed by atoms with Crippen LogP contribution in [0.4, 0.5) is 0 Å². The van der Waals surface area contributed by atoms with Gasteiger partial charge >= 0.3 is 0 Å². The Morgan fingerprint density at radius 3 is 1.71 bits per heavy atom. The largest absolute Gasteiger partial charge is 0.140 e. The molecule has 24 heavy (non-hydrogen) atoms. The third-order valence-electron chi connectivity index (χ3n) is 4.74. The summed E-state index contributed by atoms with van der Waals surface area (Å²) in [6, 6.07) is 32.8. The smallest absolute Gasteiger partial charge is 0.0763 e. The average Bonchev–Trinajstić information content (AvgIpc) is 2.70. The monoisotopic (exact) mass is 328 g/mol. The highest BCUT2D eigenvalue weighted by Crippen LogP contribution is 2.55. The molecule has 0 amide bonds. The first kappa shape index (κ1) is 15.3. The average molecular weight is 328 g/mol. The van der Waals surface area contributed by atoms with Gasteiger partial charge in [0.2, 0.25) is 0 Å². The van der Waals surface area contributed by atoms with Crippen LogP contribution < -0.4 is 0 Å². The van der Waals surface area contributed by atoms with Gasteiger partial charge in [-0.2, -0.15) is 0 Å². The fourth-order valence-electron chi connectivity index (χ4n) is 3.67. The Kier molecular flexibility index (Phi) is 4.27. The van der Waals surface area contributed by atoms with E-state index >= 15 is 0 Å². The van der Waals surface area contributed by atoms with Crippen LogP contribution in [-0.4, -0.2) is 5.75 Å². The van der Waals surface area contributed by atoms with E-state index < -0.39 is 0 Å². The molecule has 1 aliphatic heterocycles. The summed E-state index contributed by atoms with van der Waals surface area (Å²) in [5.41, 5.74) is 4.12. The van der Waals surface area contributed by atoms with Gasteiger partial charge in [-0.15, -0.1) is 11.8 Å². The van der Waals surface area contributed by atoms with E-state index in [1.165, 1.54) is 16.7 Å². The molecule has 1 aliphatic rings. The van der Waals surface area contributed by atoms with Crippen LogP contribution in [0.2, 0.25) is 0 Å². The molecule has 0 saturated carbocycles. The second-order valence-electron chi connectivity index (χ2n) is 6.10. The summed E-state index contributed by atoms with van der Waals surface area (Å²) in [4.78, 5) is 0. The van der Waals surface area contributed by atoms with E-state index in [-0.39, 0.29) is 4.75 Å². The molecule has 0 aliphatic carbocycles. The summed E-state index contributed by atoms with van der Waals surface area (Å²) in [5.74, 6) is 1.36. The second-order valence-corrected chi connectivity index (χ2v) is 7.36. The van der Waals surface area contributed by atoms with Gasteiger partial charge in [-0.25, -0.2) is 0 Å². The molecule has 3 aromatic rings. The second kappa shape index (κ2) is 6.70. The van der Waals surface area contributed by atoms with Crippen LogP contribution in [0.5, 0.6) is 0 Å². The molecule has 0 aromatic heterocycles. The van der Waals surface area contributed by atoms with Gasteiger partial charge in [0.1, 0.15) is 0 Å². The standard InChI is InChI=1S/C23H20S/c1-4-11-19(12-5-1)22-17-10-18-24-23(22,20-13-6-2-7-14-20)21-15-8-3-9-16-21/h1-17,22H,18H2. The number of benzene rings is 3. The van der Waals surface area contributed by atoms with Crippen LogP contribution >= 0.6 is 11.8 Å². The quantitative estimate of drug-likeness (QED) is 0.530. The molecule has 3 aromatic carbocycles. The van der Waals surface area contributed by atoms with Gasteiger partial charge in [0.15, 0.2) is 0 Å². The van der Waals surface area contributed by atoms with Crippen LogP contribution in [0, 0.1) is 0 Å². The van der Waals surface area contributed by atoms with Crippen LogP contribution in [0.1, 0.15) is 22.6 Å². The highest BCUT2D eigenvalue weighted by molar-refractivity contribution is 8.00. The topological polar surface area (TPSA) is 0 Å². The van der Waals surface area contributed by atoms with Crippen molar-refractivity contribution in [3.05, 3.63) is 120 Å². The van der Waals surface area contributed by atoms with E-state index in [1.54, 1.807) is 0 Å². The maximum Gasteiger partial charge on any atom is 0.0763 e. The molecule has 1 atom stereocenters. The number of thioether (sulfide) groups is 1. The lowest BCUT2D eigenvalue weighted by molar-refractivity contribution is 0.649. The molecule has 0 bridgehead atoms. The minimum absolute atomic E-state index is 0.0847. The van der Waals surface area contributed by atoms with Crippen molar-refractivity contribution in [3.63, 3.8) is 0 Å². The lowest BCUT2D eigenvalue weighted by Crippen LogP contribution is -2.33. The molecule has 4 rings (SSSR count).